The zero-order valence-corrected chi connectivity index (χ0v) is 18.5. The van der Waals surface area contributed by atoms with Crippen molar-refractivity contribution in [3.8, 4) is 28.7 Å². The number of benzene rings is 2. The summed E-state index contributed by atoms with van der Waals surface area (Å²) in [6.45, 7) is 0.632. The lowest BCUT2D eigenvalue weighted by Gasteiger charge is -2.33. The van der Waals surface area contributed by atoms with Gasteiger partial charge in [0, 0.05) is 18.2 Å². The molecule has 31 heavy (non-hydrogen) atoms. The molecule has 0 bridgehead atoms. The molecule has 2 atom stereocenters. The molecule has 1 N–H and O–H groups in total. The summed E-state index contributed by atoms with van der Waals surface area (Å²) in [5.41, 5.74) is 1.64. The maximum absolute atomic E-state index is 12.0. The van der Waals surface area contributed by atoms with Crippen LogP contribution in [0.15, 0.2) is 30.3 Å². The van der Waals surface area contributed by atoms with E-state index in [1.165, 1.54) is 0 Å². The normalized spacial score (nSPS) is 17.1. The highest BCUT2D eigenvalue weighted by molar-refractivity contribution is 5.74. The van der Waals surface area contributed by atoms with Crippen LogP contribution in [-0.4, -0.2) is 64.1 Å². The molecule has 168 valence electrons. The minimum Gasteiger partial charge on any atom is -0.497 e. The standard InChI is InChI=1S/C23H29NO7/c1-27-15-8-9-16(18(13-15)28-2)21(24-10-6-7-17(24)23(25)26)14-11-19(29-3)22(31-5)20(12-14)30-4/h8-9,11-13,17,21H,6-7,10H2,1-5H3,(H,25,26). The molecule has 2 aromatic carbocycles. The highest BCUT2D eigenvalue weighted by Gasteiger charge is 2.38. The van der Waals surface area contributed by atoms with E-state index < -0.39 is 18.1 Å². The zero-order chi connectivity index (χ0) is 22.5. The van der Waals surface area contributed by atoms with E-state index in [9.17, 15) is 9.90 Å². The number of hydrogen-bond acceptors (Lipinski definition) is 7. The third-order valence-electron chi connectivity index (χ3n) is 5.65. The van der Waals surface area contributed by atoms with E-state index in [1.807, 2.05) is 29.2 Å². The van der Waals surface area contributed by atoms with Gasteiger partial charge >= 0.3 is 5.97 Å². The Morgan fingerprint density at radius 2 is 1.58 bits per heavy atom. The molecule has 0 radical (unpaired) electrons. The number of likely N-dealkylation sites (tertiary alicyclic amines) is 1. The van der Waals surface area contributed by atoms with Crippen molar-refractivity contribution in [2.24, 2.45) is 0 Å². The largest absolute Gasteiger partial charge is 0.497 e. The quantitative estimate of drug-likeness (QED) is 0.647. The fourth-order valence-electron chi connectivity index (χ4n) is 4.22. The molecular weight excluding hydrogens is 402 g/mol. The number of rotatable bonds is 9. The lowest BCUT2D eigenvalue weighted by molar-refractivity contribution is -0.142. The van der Waals surface area contributed by atoms with Crippen LogP contribution in [0.5, 0.6) is 28.7 Å². The maximum atomic E-state index is 12.0. The van der Waals surface area contributed by atoms with Crippen molar-refractivity contribution in [1.29, 1.82) is 0 Å². The molecular formula is C23H29NO7. The molecule has 8 nitrogen and oxygen atoms in total. The SMILES string of the molecule is COc1ccc(C(c2cc(OC)c(OC)c(OC)c2)N2CCCC2C(=O)O)c(OC)c1. The predicted molar refractivity (Wildman–Crippen MR) is 115 cm³/mol. The Morgan fingerprint density at radius 1 is 0.935 bits per heavy atom. The minimum absolute atomic E-state index is 0.404. The average molecular weight is 431 g/mol. The van der Waals surface area contributed by atoms with Crippen LogP contribution in [0.25, 0.3) is 0 Å². The first kappa shape index (κ1) is 22.6. The Hall–Kier alpha value is -3.13. The molecule has 1 heterocycles. The molecule has 8 heteroatoms. The van der Waals surface area contributed by atoms with Crippen molar-refractivity contribution >= 4 is 5.97 Å². The van der Waals surface area contributed by atoms with Crippen molar-refractivity contribution in [3.05, 3.63) is 41.5 Å². The number of ether oxygens (including phenoxy) is 5. The van der Waals surface area contributed by atoms with Gasteiger partial charge in [0.15, 0.2) is 11.5 Å². The van der Waals surface area contributed by atoms with Crippen LogP contribution in [0.4, 0.5) is 0 Å². The number of aliphatic carboxylic acids is 1. The van der Waals surface area contributed by atoms with Crippen LogP contribution < -0.4 is 23.7 Å². The summed E-state index contributed by atoms with van der Waals surface area (Å²) in [7, 11) is 7.83. The molecule has 1 aliphatic rings. The van der Waals surface area contributed by atoms with Gasteiger partial charge in [-0.3, -0.25) is 9.69 Å². The highest BCUT2D eigenvalue weighted by Crippen LogP contribution is 2.45. The number of carboxylic acids is 1. The topological polar surface area (TPSA) is 86.7 Å². The van der Waals surface area contributed by atoms with Crippen LogP contribution in [0.1, 0.15) is 30.0 Å². The van der Waals surface area contributed by atoms with E-state index >= 15 is 0 Å². The molecule has 1 saturated heterocycles. The van der Waals surface area contributed by atoms with Gasteiger partial charge in [-0.25, -0.2) is 0 Å². The van der Waals surface area contributed by atoms with Crippen molar-refractivity contribution in [3.63, 3.8) is 0 Å². The summed E-state index contributed by atoms with van der Waals surface area (Å²) >= 11 is 0. The lowest BCUT2D eigenvalue weighted by atomic mass is 9.94. The number of methoxy groups -OCH3 is 5. The summed E-state index contributed by atoms with van der Waals surface area (Å²) < 4.78 is 27.6. The molecule has 1 aliphatic heterocycles. The maximum Gasteiger partial charge on any atom is 0.320 e. The molecule has 1 fully saturated rings. The average Bonchev–Trinajstić information content (AvgIpc) is 3.28. The van der Waals surface area contributed by atoms with Crippen LogP contribution in [0.2, 0.25) is 0 Å². The second-order valence-corrected chi connectivity index (χ2v) is 7.20. The van der Waals surface area contributed by atoms with E-state index in [0.29, 0.717) is 41.7 Å². The number of hydrogen-bond donors (Lipinski definition) is 1. The van der Waals surface area contributed by atoms with Crippen LogP contribution >= 0.6 is 0 Å². The van der Waals surface area contributed by atoms with Gasteiger partial charge < -0.3 is 28.8 Å². The second-order valence-electron chi connectivity index (χ2n) is 7.20. The Bertz CT molecular complexity index is 905. The molecule has 0 saturated carbocycles. The molecule has 2 aromatic rings. The lowest BCUT2D eigenvalue weighted by Crippen LogP contribution is -2.39. The second kappa shape index (κ2) is 9.78. The van der Waals surface area contributed by atoms with Crippen molar-refractivity contribution < 1.29 is 33.6 Å². The molecule has 0 aliphatic carbocycles. The molecule has 0 amide bonds. The minimum atomic E-state index is -0.845. The van der Waals surface area contributed by atoms with E-state index in [2.05, 4.69) is 0 Å². The number of carbonyl (C=O) groups is 1. The van der Waals surface area contributed by atoms with E-state index in [-0.39, 0.29) is 0 Å². The van der Waals surface area contributed by atoms with Crippen molar-refractivity contribution in [2.75, 3.05) is 42.1 Å². The third-order valence-corrected chi connectivity index (χ3v) is 5.65. The van der Waals surface area contributed by atoms with Gasteiger partial charge in [0.1, 0.15) is 17.5 Å². The summed E-state index contributed by atoms with van der Waals surface area (Å²) in [5.74, 6) is 1.89. The van der Waals surface area contributed by atoms with Gasteiger partial charge in [0.25, 0.3) is 0 Å². The van der Waals surface area contributed by atoms with Crippen molar-refractivity contribution in [1.82, 2.24) is 4.90 Å². The Balaban J connectivity index is 2.24. The summed E-state index contributed by atoms with van der Waals surface area (Å²) in [6.07, 6.45) is 1.37. The van der Waals surface area contributed by atoms with E-state index in [1.54, 1.807) is 41.6 Å². The molecule has 2 unspecified atom stereocenters. The summed E-state index contributed by atoms with van der Waals surface area (Å²) in [6, 6.07) is 8.23. The third kappa shape index (κ3) is 4.34. The smallest absolute Gasteiger partial charge is 0.320 e. The van der Waals surface area contributed by atoms with E-state index in [4.69, 9.17) is 23.7 Å². The van der Waals surface area contributed by atoms with E-state index in [0.717, 1.165) is 17.5 Å². The predicted octanol–water partition coefficient (Wildman–Crippen LogP) is 3.37. The van der Waals surface area contributed by atoms with Crippen LogP contribution in [0.3, 0.4) is 0 Å². The molecule has 3 rings (SSSR count). The number of carboxylic acid groups (broad SMARTS) is 1. The first-order valence-corrected chi connectivity index (χ1v) is 9.99. The van der Waals surface area contributed by atoms with Gasteiger partial charge in [-0.05, 0) is 42.7 Å². The Labute approximate surface area is 182 Å². The monoisotopic (exact) mass is 431 g/mol. The Morgan fingerprint density at radius 3 is 2.10 bits per heavy atom. The van der Waals surface area contributed by atoms with Gasteiger partial charge in [0.2, 0.25) is 5.75 Å². The first-order chi connectivity index (χ1) is 15.0. The van der Waals surface area contributed by atoms with Crippen LogP contribution in [0, 0.1) is 0 Å². The van der Waals surface area contributed by atoms with Gasteiger partial charge in [-0.2, -0.15) is 0 Å². The van der Waals surface area contributed by atoms with Gasteiger partial charge in [-0.15, -0.1) is 0 Å². The molecule has 0 aromatic heterocycles. The fraction of sp³-hybridized carbons (Fsp3) is 0.435. The summed E-state index contributed by atoms with van der Waals surface area (Å²) in [5, 5.41) is 9.86. The zero-order valence-electron chi connectivity index (χ0n) is 18.5. The Kier molecular flexibility index (Phi) is 7.12. The number of nitrogens with zero attached hydrogens (tertiary/aromatic N) is 1. The van der Waals surface area contributed by atoms with Gasteiger partial charge in [-0.1, -0.05) is 0 Å². The first-order valence-electron chi connectivity index (χ1n) is 9.99. The highest BCUT2D eigenvalue weighted by atomic mass is 16.5. The van der Waals surface area contributed by atoms with Crippen molar-refractivity contribution in [2.45, 2.75) is 24.9 Å². The summed E-state index contributed by atoms with van der Waals surface area (Å²) in [4.78, 5) is 14.0. The van der Waals surface area contributed by atoms with Crippen LogP contribution in [-0.2, 0) is 4.79 Å². The van der Waals surface area contributed by atoms with Gasteiger partial charge in [0.05, 0.1) is 41.6 Å². The fourth-order valence-corrected chi connectivity index (χ4v) is 4.22. The molecule has 0 spiro atoms.